The van der Waals surface area contributed by atoms with Gasteiger partial charge in [-0.05, 0) is 46.8 Å². The Balaban J connectivity index is 1.53. The number of rotatable bonds is 6. The minimum absolute atomic E-state index is 0.0443. The zero-order valence-electron chi connectivity index (χ0n) is 12.7. The van der Waals surface area contributed by atoms with Crippen LogP contribution in [0.2, 0.25) is 0 Å². The fourth-order valence-electron chi connectivity index (χ4n) is 1.82. The summed E-state index contributed by atoms with van der Waals surface area (Å²) >= 11 is 0. The van der Waals surface area contributed by atoms with E-state index in [1.165, 1.54) is 35.0 Å². The molecule has 0 amide bonds. The lowest BCUT2D eigenvalue weighted by Gasteiger charge is -2.04. The Morgan fingerprint density at radius 2 is 2.00 bits per heavy atom. The molecule has 0 N–H and O–H groups in total. The van der Waals surface area contributed by atoms with Gasteiger partial charge in [-0.15, -0.1) is 5.10 Å². The normalized spacial score (nSPS) is 10.6. The van der Waals surface area contributed by atoms with E-state index >= 15 is 0 Å². The minimum Gasteiger partial charge on any atom is -0.486 e. The molecule has 0 fully saturated rings. The lowest BCUT2D eigenvalue weighted by Crippen LogP contribution is -2.08. The number of carbonyl (C=O) groups excluding carboxylic acids is 1. The van der Waals surface area contributed by atoms with Crippen LogP contribution >= 0.6 is 0 Å². The smallest absolute Gasteiger partial charge is 0.374 e. The highest BCUT2D eigenvalue weighted by Crippen LogP contribution is 2.15. The molecule has 9 heteroatoms. The monoisotopic (exact) mass is 332 g/mol. The Labute approximate surface area is 135 Å². The highest BCUT2D eigenvalue weighted by Gasteiger charge is 2.15. The van der Waals surface area contributed by atoms with E-state index in [-0.39, 0.29) is 24.8 Å². The minimum atomic E-state index is -0.633. The summed E-state index contributed by atoms with van der Waals surface area (Å²) in [6.07, 6.45) is 0. The number of benzene rings is 1. The average molecular weight is 332 g/mol. The third-order valence-corrected chi connectivity index (χ3v) is 3.10. The van der Waals surface area contributed by atoms with Crippen molar-refractivity contribution in [3.63, 3.8) is 0 Å². The molecule has 1 aromatic carbocycles. The summed E-state index contributed by atoms with van der Waals surface area (Å²) in [6.45, 7) is 0.0383. The van der Waals surface area contributed by atoms with Gasteiger partial charge in [0.15, 0.2) is 12.4 Å². The van der Waals surface area contributed by atoms with Gasteiger partial charge in [0.2, 0.25) is 5.76 Å². The van der Waals surface area contributed by atoms with Gasteiger partial charge in [-0.1, -0.05) is 0 Å². The van der Waals surface area contributed by atoms with Gasteiger partial charge >= 0.3 is 5.97 Å². The summed E-state index contributed by atoms with van der Waals surface area (Å²) in [4.78, 5) is 11.9. The Morgan fingerprint density at radius 1 is 1.21 bits per heavy atom. The summed E-state index contributed by atoms with van der Waals surface area (Å²) in [6, 6.07) is 8.68. The van der Waals surface area contributed by atoms with E-state index in [9.17, 15) is 9.18 Å². The van der Waals surface area contributed by atoms with Crippen LogP contribution in [0.15, 0.2) is 40.8 Å². The third kappa shape index (κ3) is 3.75. The molecule has 24 heavy (non-hydrogen) atoms. The molecule has 0 saturated heterocycles. The highest BCUT2D eigenvalue weighted by molar-refractivity contribution is 5.86. The van der Waals surface area contributed by atoms with Crippen LogP contribution in [-0.4, -0.2) is 26.2 Å². The first-order valence-electron chi connectivity index (χ1n) is 6.97. The van der Waals surface area contributed by atoms with Crippen LogP contribution in [0.5, 0.6) is 5.75 Å². The fourth-order valence-corrected chi connectivity index (χ4v) is 1.82. The molecule has 0 atom stereocenters. The first kappa shape index (κ1) is 15.7. The molecule has 8 nitrogen and oxygen atoms in total. The average Bonchev–Trinajstić information content (AvgIpc) is 3.21. The molecule has 0 radical (unpaired) electrons. The van der Waals surface area contributed by atoms with Crippen LogP contribution < -0.4 is 4.74 Å². The van der Waals surface area contributed by atoms with Gasteiger partial charge in [0.1, 0.15) is 23.9 Å². The van der Waals surface area contributed by atoms with Gasteiger partial charge in [0.25, 0.3) is 0 Å². The molecule has 3 rings (SSSR count). The lowest BCUT2D eigenvalue weighted by atomic mass is 10.3. The van der Waals surface area contributed by atoms with Crippen LogP contribution in [-0.2, 0) is 25.0 Å². The summed E-state index contributed by atoms with van der Waals surface area (Å²) in [5.41, 5.74) is 0. The van der Waals surface area contributed by atoms with E-state index in [1.807, 2.05) is 0 Å². The maximum Gasteiger partial charge on any atom is 0.374 e. The molecule has 2 aromatic heterocycles. The van der Waals surface area contributed by atoms with E-state index in [4.69, 9.17) is 13.9 Å². The molecule has 0 aliphatic rings. The van der Waals surface area contributed by atoms with Crippen molar-refractivity contribution in [1.29, 1.82) is 0 Å². The Hall–Kier alpha value is -3.23. The third-order valence-electron chi connectivity index (χ3n) is 3.10. The first-order valence-corrected chi connectivity index (χ1v) is 6.97. The van der Waals surface area contributed by atoms with Crippen LogP contribution in [0.4, 0.5) is 4.39 Å². The van der Waals surface area contributed by atoms with Crippen molar-refractivity contribution in [3.05, 3.63) is 59.6 Å². The Kier molecular flexibility index (Phi) is 4.50. The lowest BCUT2D eigenvalue weighted by molar-refractivity contribution is 0.0417. The molecule has 0 unspecified atom stereocenters. The number of tetrazole rings is 1. The number of halogens is 1. The van der Waals surface area contributed by atoms with Crippen molar-refractivity contribution in [3.8, 4) is 5.75 Å². The second-order valence-corrected chi connectivity index (χ2v) is 4.80. The molecule has 0 saturated carbocycles. The summed E-state index contributed by atoms with van der Waals surface area (Å²) in [7, 11) is 1.64. The second kappa shape index (κ2) is 6.90. The summed E-state index contributed by atoms with van der Waals surface area (Å²) < 4.78 is 30.1. The van der Waals surface area contributed by atoms with E-state index in [0.717, 1.165) is 0 Å². The van der Waals surface area contributed by atoms with Crippen LogP contribution in [0.1, 0.15) is 22.1 Å². The van der Waals surface area contributed by atoms with Crippen molar-refractivity contribution in [2.24, 2.45) is 7.05 Å². The first-order chi connectivity index (χ1) is 11.6. The van der Waals surface area contributed by atoms with Crippen LogP contribution in [0, 0.1) is 5.82 Å². The van der Waals surface area contributed by atoms with Crippen LogP contribution in [0.3, 0.4) is 0 Å². The number of nitrogens with zero attached hydrogens (tertiary/aromatic N) is 4. The fraction of sp³-hybridized carbons (Fsp3) is 0.200. The van der Waals surface area contributed by atoms with Gasteiger partial charge < -0.3 is 13.9 Å². The van der Waals surface area contributed by atoms with Gasteiger partial charge in [-0.25, -0.2) is 13.9 Å². The van der Waals surface area contributed by atoms with E-state index < -0.39 is 5.97 Å². The standard InChI is InChI=1S/C15H13FN4O4/c1-20-14(17-18-19-20)9-23-15(21)13-7-6-12(24-13)8-22-11-4-2-10(16)3-5-11/h2-7H,8-9H2,1H3. The predicted molar refractivity (Wildman–Crippen MR) is 77.4 cm³/mol. The Morgan fingerprint density at radius 3 is 2.71 bits per heavy atom. The zero-order valence-corrected chi connectivity index (χ0v) is 12.7. The molecule has 0 spiro atoms. The van der Waals surface area contributed by atoms with E-state index in [2.05, 4.69) is 15.5 Å². The SMILES string of the molecule is Cn1nnnc1COC(=O)c1ccc(COc2ccc(F)cc2)o1. The quantitative estimate of drug-likeness (QED) is 0.636. The number of esters is 1. The van der Waals surface area contributed by atoms with Gasteiger partial charge in [0, 0.05) is 7.05 Å². The summed E-state index contributed by atoms with van der Waals surface area (Å²) in [5, 5.41) is 10.8. The maximum atomic E-state index is 12.8. The van der Waals surface area contributed by atoms with Crippen LogP contribution in [0.25, 0.3) is 0 Å². The number of aromatic nitrogens is 4. The number of aryl methyl sites for hydroxylation is 1. The van der Waals surface area contributed by atoms with Crippen molar-refractivity contribution in [2.45, 2.75) is 13.2 Å². The molecular weight excluding hydrogens is 319 g/mol. The number of hydrogen-bond acceptors (Lipinski definition) is 7. The second-order valence-electron chi connectivity index (χ2n) is 4.80. The molecule has 0 aliphatic carbocycles. The van der Waals surface area contributed by atoms with Gasteiger partial charge in [-0.3, -0.25) is 0 Å². The van der Waals surface area contributed by atoms with E-state index in [1.54, 1.807) is 13.1 Å². The number of furan rings is 1. The van der Waals surface area contributed by atoms with Gasteiger partial charge in [0.05, 0.1) is 0 Å². The van der Waals surface area contributed by atoms with Crippen molar-refractivity contribution < 1.29 is 23.1 Å². The summed E-state index contributed by atoms with van der Waals surface area (Å²) in [5.74, 6) is 0.408. The highest BCUT2D eigenvalue weighted by atomic mass is 19.1. The number of ether oxygens (including phenoxy) is 2. The topological polar surface area (TPSA) is 92.3 Å². The van der Waals surface area contributed by atoms with Crippen molar-refractivity contribution in [2.75, 3.05) is 0 Å². The maximum absolute atomic E-state index is 12.8. The molecule has 0 aliphatic heterocycles. The molecule has 3 aromatic rings. The number of carbonyl (C=O) groups is 1. The number of hydrogen-bond donors (Lipinski definition) is 0. The van der Waals surface area contributed by atoms with Gasteiger partial charge in [-0.2, -0.15) is 0 Å². The largest absolute Gasteiger partial charge is 0.486 e. The molecule has 2 heterocycles. The molecule has 124 valence electrons. The predicted octanol–water partition coefficient (Wildman–Crippen LogP) is 1.88. The van der Waals surface area contributed by atoms with Crippen molar-refractivity contribution >= 4 is 5.97 Å². The molecule has 0 bridgehead atoms. The van der Waals surface area contributed by atoms with Crippen molar-refractivity contribution in [1.82, 2.24) is 20.2 Å². The molecular formula is C15H13FN4O4. The Bertz CT molecular complexity index is 828. The van der Waals surface area contributed by atoms with E-state index in [0.29, 0.717) is 17.3 Å². The zero-order chi connectivity index (χ0) is 16.9.